The Hall–Kier alpha value is -0.770. The molecule has 0 radical (unpaired) electrons. The number of ether oxygens (including phenoxy) is 1. The van der Waals surface area contributed by atoms with Gasteiger partial charge in [0.1, 0.15) is 6.04 Å². The molecule has 0 saturated heterocycles. The van der Waals surface area contributed by atoms with Gasteiger partial charge in [-0.15, -0.1) is 0 Å². The summed E-state index contributed by atoms with van der Waals surface area (Å²) >= 11 is 0. The average molecular weight is 293 g/mol. The first-order valence-corrected chi connectivity index (χ1v) is 7.01. The number of carbonyl (C=O) groups is 1. The minimum absolute atomic E-state index is 0.235. The second kappa shape index (κ2) is 13.2. The van der Waals surface area contributed by atoms with Crippen LogP contribution in [0.2, 0.25) is 0 Å². The molecule has 0 aliphatic rings. The Morgan fingerprint density at radius 2 is 1.70 bits per heavy atom. The fourth-order valence-corrected chi connectivity index (χ4v) is 1.61. The van der Waals surface area contributed by atoms with Crippen molar-refractivity contribution in [3.8, 4) is 0 Å². The van der Waals surface area contributed by atoms with Gasteiger partial charge in [0.25, 0.3) is 0 Å². The normalized spacial score (nSPS) is 12.7. The van der Waals surface area contributed by atoms with Crippen LogP contribution in [0.4, 0.5) is 0 Å². The lowest BCUT2D eigenvalue weighted by molar-refractivity contribution is -0.492. The SMILES string of the molecule is NCCCCC(N)C(=O)OCCCCCCON(O)O. The molecule has 0 rings (SSSR count). The van der Waals surface area contributed by atoms with Crippen LogP contribution in [0.5, 0.6) is 0 Å². The number of unbranched alkanes of at least 4 members (excludes halogenated alkanes) is 4. The molecule has 0 aromatic heterocycles. The van der Waals surface area contributed by atoms with Gasteiger partial charge in [-0.1, -0.05) is 12.8 Å². The Balaban J connectivity index is 3.34. The summed E-state index contributed by atoms with van der Waals surface area (Å²) in [5.74, 6) is -0.360. The van der Waals surface area contributed by atoms with E-state index in [0.29, 0.717) is 26.0 Å². The molecule has 0 bridgehead atoms. The molecular formula is C12H27N3O5. The van der Waals surface area contributed by atoms with Crippen molar-refractivity contribution in [3.63, 3.8) is 0 Å². The summed E-state index contributed by atoms with van der Waals surface area (Å²) in [4.78, 5) is 15.9. The molecule has 20 heavy (non-hydrogen) atoms. The van der Waals surface area contributed by atoms with E-state index in [1.54, 1.807) is 0 Å². The second-order valence-corrected chi connectivity index (χ2v) is 4.56. The van der Waals surface area contributed by atoms with E-state index in [0.717, 1.165) is 32.1 Å². The van der Waals surface area contributed by atoms with Crippen LogP contribution in [-0.2, 0) is 14.4 Å². The lowest BCUT2D eigenvalue weighted by Gasteiger charge is -2.11. The van der Waals surface area contributed by atoms with Gasteiger partial charge in [-0.2, -0.15) is 0 Å². The largest absolute Gasteiger partial charge is 0.465 e. The molecule has 6 N–H and O–H groups in total. The van der Waals surface area contributed by atoms with Gasteiger partial charge in [-0.05, 0) is 38.6 Å². The standard InChI is InChI=1S/C12H27N3O5/c13-8-4-3-7-11(14)12(16)19-9-5-1-2-6-10-20-15(17)18/h11,17-18H,1-10,13-14H2. The van der Waals surface area contributed by atoms with Crippen molar-refractivity contribution in [1.82, 2.24) is 5.39 Å². The van der Waals surface area contributed by atoms with E-state index in [1.807, 2.05) is 0 Å². The number of hydrogen-bond acceptors (Lipinski definition) is 8. The van der Waals surface area contributed by atoms with Crippen LogP contribution >= 0.6 is 0 Å². The topological polar surface area (TPSA) is 131 Å². The number of nitrogens with two attached hydrogens (primary N) is 2. The quantitative estimate of drug-likeness (QED) is 0.220. The van der Waals surface area contributed by atoms with Crippen LogP contribution in [0, 0.1) is 0 Å². The van der Waals surface area contributed by atoms with E-state index in [1.165, 1.54) is 0 Å². The minimum atomic E-state index is -0.560. The molecular weight excluding hydrogens is 266 g/mol. The highest BCUT2D eigenvalue weighted by atomic mass is 17.1. The Morgan fingerprint density at radius 1 is 1.05 bits per heavy atom. The van der Waals surface area contributed by atoms with Crippen LogP contribution in [0.3, 0.4) is 0 Å². The maximum atomic E-state index is 11.5. The first-order chi connectivity index (χ1) is 9.57. The summed E-state index contributed by atoms with van der Waals surface area (Å²) in [7, 11) is 0. The summed E-state index contributed by atoms with van der Waals surface area (Å²) in [5.41, 5.74) is 11.0. The number of rotatable bonds is 13. The van der Waals surface area contributed by atoms with Crippen LogP contribution in [0.1, 0.15) is 44.9 Å². The van der Waals surface area contributed by atoms with E-state index in [2.05, 4.69) is 4.84 Å². The highest BCUT2D eigenvalue weighted by Crippen LogP contribution is 2.03. The number of nitrogens with zero attached hydrogens (tertiary/aromatic N) is 1. The first-order valence-electron chi connectivity index (χ1n) is 7.01. The minimum Gasteiger partial charge on any atom is -0.465 e. The van der Waals surface area contributed by atoms with Crippen LogP contribution in [-0.4, -0.2) is 47.6 Å². The lowest BCUT2D eigenvalue weighted by Crippen LogP contribution is -2.32. The number of esters is 1. The van der Waals surface area contributed by atoms with Gasteiger partial charge in [-0.25, -0.2) is 0 Å². The summed E-state index contributed by atoms with van der Waals surface area (Å²) in [5, 5.41) is 16.3. The Bertz CT molecular complexity index is 241. The molecule has 0 aromatic carbocycles. The summed E-state index contributed by atoms with van der Waals surface area (Å²) in [6.45, 7) is 1.20. The van der Waals surface area contributed by atoms with Gasteiger partial charge in [0.15, 0.2) is 0 Å². The molecule has 0 spiro atoms. The van der Waals surface area contributed by atoms with E-state index < -0.39 is 6.04 Å². The predicted molar refractivity (Wildman–Crippen MR) is 71.7 cm³/mol. The third kappa shape index (κ3) is 12.3. The van der Waals surface area contributed by atoms with Gasteiger partial charge in [-0.3, -0.25) is 20.0 Å². The Labute approximate surface area is 119 Å². The zero-order valence-corrected chi connectivity index (χ0v) is 11.9. The molecule has 8 nitrogen and oxygen atoms in total. The van der Waals surface area contributed by atoms with Gasteiger partial charge in [0.2, 0.25) is 0 Å². The molecule has 0 amide bonds. The molecule has 0 fully saturated rings. The Kier molecular flexibility index (Phi) is 12.7. The van der Waals surface area contributed by atoms with E-state index in [-0.39, 0.29) is 18.0 Å². The molecule has 1 atom stereocenters. The predicted octanol–water partition coefficient (Wildman–Crippen LogP) is 0.558. The van der Waals surface area contributed by atoms with Gasteiger partial charge in [0, 0.05) is 0 Å². The maximum Gasteiger partial charge on any atom is 0.322 e. The van der Waals surface area contributed by atoms with Crippen molar-refractivity contribution < 1.29 is 24.8 Å². The fourth-order valence-electron chi connectivity index (χ4n) is 1.61. The molecule has 0 aliphatic heterocycles. The molecule has 0 aromatic rings. The first kappa shape index (κ1) is 19.2. The van der Waals surface area contributed by atoms with Crippen molar-refractivity contribution in [2.24, 2.45) is 11.5 Å². The third-order valence-corrected chi connectivity index (χ3v) is 2.76. The fraction of sp³-hybridized carbons (Fsp3) is 0.917. The van der Waals surface area contributed by atoms with Crippen LogP contribution in [0.15, 0.2) is 0 Å². The molecule has 8 heteroatoms. The summed E-state index contributed by atoms with van der Waals surface area (Å²) < 4.78 is 5.06. The molecule has 120 valence electrons. The van der Waals surface area contributed by atoms with Crippen molar-refractivity contribution in [3.05, 3.63) is 0 Å². The smallest absolute Gasteiger partial charge is 0.322 e. The highest BCUT2D eigenvalue weighted by Gasteiger charge is 2.13. The second-order valence-electron chi connectivity index (χ2n) is 4.56. The van der Waals surface area contributed by atoms with Gasteiger partial charge < -0.3 is 16.2 Å². The molecule has 0 aliphatic carbocycles. The monoisotopic (exact) mass is 293 g/mol. The zero-order chi connectivity index (χ0) is 15.2. The number of carbonyl (C=O) groups excluding carboxylic acids is 1. The zero-order valence-electron chi connectivity index (χ0n) is 11.9. The van der Waals surface area contributed by atoms with Crippen molar-refractivity contribution >= 4 is 5.97 Å². The van der Waals surface area contributed by atoms with Crippen LogP contribution in [0.25, 0.3) is 0 Å². The highest BCUT2D eigenvalue weighted by molar-refractivity contribution is 5.75. The lowest BCUT2D eigenvalue weighted by atomic mass is 10.1. The van der Waals surface area contributed by atoms with Gasteiger partial charge in [0.05, 0.1) is 18.6 Å². The number of hydrogen-bond donors (Lipinski definition) is 4. The molecule has 1 unspecified atom stereocenters. The average Bonchev–Trinajstić information content (AvgIpc) is 2.41. The van der Waals surface area contributed by atoms with E-state index in [9.17, 15) is 4.79 Å². The molecule has 0 heterocycles. The van der Waals surface area contributed by atoms with E-state index >= 15 is 0 Å². The van der Waals surface area contributed by atoms with E-state index in [4.69, 9.17) is 26.6 Å². The van der Waals surface area contributed by atoms with Crippen molar-refractivity contribution in [2.75, 3.05) is 19.8 Å². The molecule has 0 saturated carbocycles. The Morgan fingerprint density at radius 3 is 2.30 bits per heavy atom. The summed E-state index contributed by atoms with van der Waals surface area (Å²) in [6, 6.07) is -0.560. The van der Waals surface area contributed by atoms with Crippen molar-refractivity contribution in [2.45, 2.75) is 51.0 Å². The van der Waals surface area contributed by atoms with Crippen LogP contribution < -0.4 is 11.5 Å². The third-order valence-electron chi connectivity index (χ3n) is 2.76. The maximum absolute atomic E-state index is 11.5. The van der Waals surface area contributed by atoms with Crippen molar-refractivity contribution in [1.29, 1.82) is 0 Å². The summed E-state index contributed by atoms with van der Waals surface area (Å²) in [6.07, 6.45) is 5.48. The van der Waals surface area contributed by atoms with Gasteiger partial charge >= 0.3 is 5.97 Å².